The second-order valence-corrected chi connectivity index (χ2v) is 6.23. The van der Waals surface area contributed by atoms with E-state index in [1.807, 2.05) is 19.1 Å². The van der Waals surface area contributed by atoms with Crippen LogP contribution in [0.1, 0.15) is 43.7 Å². The highest BCUT2D eigenvalue weighted by Gasteiger charge is 2.23. The van der Waals surface area contributed by atoms with Crippen LogP contribution in [0.4, 0.5) is 0 Å². The molecule has 4 heteroatoms. The van der Waals surface area contributed by atoms with Crippen molar-refractivity contribution in [1.29, 1.82) is 0 Å². The standard InChI is InChI=1S/C19H24O4/c1-3-4-5-6-7-17-13(2)16-9-8-14(21-11-15-12-22-15)10-18(16)23-19(17)20/h8-10,15H,3-7,11-12H2,1-2H3. The summed E-state index contributed by atoms with van der Waals surface area (Å²) in [6, 6.07) is 5.71. The van der Waals surface area contributed by atoms with Crippen LogP contribution in [-0.2, 0) is 11.2 Å². The van der Waals surface area contributed by atoms with E-state index in [0.29, 0.717) is 17.9 Å². The first-order valence-electron chi connectivity index (χ1n) is 8.49. The average Bonchev–Trinajstić information content (AvgIpc) is 3.36. The second kappa shape index (κ2) is 7.18. The van der Waals surface area contributed by atoms with Gasteiger partial charge in [-0.15, -0.1) is 0 Å². The van der Waals surface area contributed by atoms with Gasteiger partial charge in [0.1, 0.15) is 24.0 Å². The number of hydrogen-bond donors (Lipinski definition) is 0. The number of hydrogen-bond acceptors (Lipinski definition) is 4. The molecule has 1 aliphatic heterocycles. The molecule has 1 fully saturated rings. The topological polar surface area (TPSA) is 52.0 Å². The quantitative estimate of drug-likeness (QED) is 0.419. The Bertz CT molecular complexity index is 728. The van der Waals surface area contributed by atoms with Crippen molar-refractivity contribution < 1.29 is 13.9 Å². The van der Waals surface area contributed by atoms with Gasteiger partial charge < -0.3 is 13.9 Å². The van der Waals surface area contributed by atoms with E-state index in [0.717, 1.165) is 42.4 Å². The van der Waals surface area contributed by atoms with Crippen LogP contribution < -0.4 is 10.4 Å². The molecule has 23 heavy (non-hydrogen) atoms. The Morgan fingerprint density at radius 1 is 1.26 bits per heavy atom. The molecule has 1 atom stereocenters. The fraction of sp³-hybridized carbons (Fsp3) is 0.526. The molecule has 1 aliphatic rings. The zero-order chi connectivity index (χ0) is 16.2. The molecule has 0 N–H and O–H groups in total. The number of aryl methyl sites for hydroxylation is 1. The predicted octanol–water partition coefficient (Wildman–Crippen LogP) is 4.00. The summed E-state index contributed by atoms with van der Waals surface area (Å²) >= 11 is 0. The third kappa shape index (κ3) is 3.94. The molecule has 0 saturated carbocycles. The lowest BCUT2D eigenvalue weighted by Crippen LogP contribution is -2.10. The van der Waals surface area contributed by atoms with E-state index in [2.05, 4.69) is 6.92 Å². The summed E-state index contributed by atoms with van der Waals surface area (Å²) in [5, 5.41) is 0.991. The number of ether oxygens (including phenoxy) is 2. The van der Waals surface area contributed by atoms with Crippen molar-refractivity contribution in [3.8, 4) is 5.75 Å². The molecule has 1 unspecified atom stereocenters. The molecule has 2 heterocycles. The van der Waals surface area contributed by atoms with E-state index in [1.165, 1.54) is 12.8 Å². The van der Waals surface area contributed by atoms with E-state index < -0.39 is 0 Å². The molecular formula is C19H24O4. The molecule has 4 nitrogen and oxygen atoms in total. The van der Waals surface area contributed by atoms with Crippen LogP contribution in [0.5, 0.6) is 5.75 Å². The molecule has 0 spiro atoms. The summed E-state index contributed by atoms with van der Waals surface area (Å²) in [4.78, 5) is 12.3. The Hall–Kier alpha value is -1.81. The summed E-state index contributed by atoms with van der Waals surface area (Å²) in [6.07, 6.45) is 5.60. The van der Waals surface area contributed by atoms with Gasteiger partial charge in [0, 0.05) is 17.0 Å². The maximum absolute atomic E-state index is 12.3. The van der Waals surface area contributed by atoms with Crippen molar-refractivity contribution in [2.75, 3.05) is 13.2 Å². The Balaban J connectivity index is 1.80. The van der Waals surface area contributed by atoms with Crippen molar-refractivity contribution >= 4 is 11.0 Å². The van der Waals surface area contributed by atoms with Gasteiger partial charge in [0.15, 0.2) is 0 Å². The van der Waals surface area contributed by atoms with E-state index in [-0.39, 0.29) is 11.7 Å². The molecule has 1 saturated heterocycles. The summed E-state index contributed by atoms with van der Waals surface area (Å²) in [7, 11) is 0. The summed E-state index contributed by atoms with van der Waals surface area (Å²) in [5.41, 5.74) is 2.23. The summed E-state index contributed by atoms with van der Waals surface area (Å²) in [5.74, 6) is 0.714. The van der Waals surface area contributed by atoms with Crippen LogP contribution in [0.15, 0.2) is 27.4 Å². The van der Waals surface area contributed by atoms with Gasteiger partial charge in [0.25, 0.3) is 0 Å². The highest BCUT2D eigenvalue weighted by molar-refractivity contribution is 5.82. The van der Waals surface area contributed by atoms with Gasteiger partial charge in [-0.25, -0.2) is 4.79 Å². The lowest BCUT2D eigenvalue weighted by Gasteiger charge is -2.09. The fourth-order valence-corrected chi connectivity index (χ4v) is 2.84. The number of benzene rings is 1. The molecule has 1 aromatic heterocycles. The van der Waals surface area contributed by atoms with Gasteiger partial charge in [-0.05, 0) is 37.5 Å². The fourth-order valence-electron chi connectivity index (χ4n) is 2.84. The molecule has 0 aliphatic carbocycles. The average molecular weight is 316 g/mol. The monoisotopic (exact) mass is 316 g/mol. The molecule has 124 valence electrons. The van der Waals surface area contributed by atoms with Gasteiger partial charge in [-0.3, -0.25) is 0 Å². The van der Waals surface area contributed by atoms with Crippen LogP contribution >= 0.6 is 0 Å². The lowest BCUT2D eigenvalue weighted by molar-refractivity contribution is 0.263. The van der Waals surface area contributed by atoms with Crippen LogP contribution in [-0.4, -0.2) is 19.3 Å². The largest absolute Gasteiger partial charge is 0.491 e. The Morgan fingerprint density at radius 2 is 2.09 bits per heavy atom. The Morgan fingerprint density at radius 3 is 2.83 bits per heavy atom. The van der Waals surface area contributed by atoms with Crippen LogP contribution in [0, 0.1) is 6.92 Å². The van der Waals surface area contributed by atoms with E-state index in [1.54, 1.807) is 6.07 Å². The van der Waals surface area contributed by atoms with Crippen molar-refractivity contribution in [3.05, 3.63) is 39.7 Å². The van der Waals surface area contributed by atoms with Crippen molar-refractivity contribution in [2.45, 2.75) is 52.1 Å². The van der Waals surface area contributed by atoms with E-state index >= 15 is 0 Å². The molecule has 0 bridgehead atoms. The third-order valence-electron chi connectivity index (χ3n) is 4.38. The van der Waals surface area contributed by atoms with Crippen LogP contribution in [0.2, 0.25) is 0 Å². The molecular weight excluding hydrogens is 292 g/mol. The SMILES string of the molecule is CCCCCCc1c(C)c2ccc(OCC3CO3)cc2oc1=O. The van der Waals surface area contributed by atoms with Gasteiger partial charge in [0.05, 0.1) is 6.61 Å². The molecule has 3 rings (SSSR count). The maximum Gasteiger partial charge on any atom is 0.339 e. The normalized spacial score (nSPS) is 16.7. The second-order valence-electron chi connectivity index (χ2n) is 6.23. The summed E-state index contributed by atoms with van der Waals surface area (Å²) in [6.45, 7) is 5.50. The highest BCUT2D eigenvalue weighted by atomic mass is 16.6. The first-order chi connectivity index (χ1) is 11.2. The van der Waals surface area contributed by atoms with E-state index in [4.69, 9.17) is 13.9 Å². The van der Waals surface area contributed by atoms with Crippen LogP contribution in [0.3, 0.4) is 0 Å². The summed E-state index contributed by atoms with van der Waals surface area (Å²) < 4.78 is 16.3. The minimum Gasteiger partial charge on any atom is -0.491 e. The minimum atomic E-state index is -0.214. The number of rotatable bonds is 8. The predicted molar refractivity (Wildman–Crippen MR) is 90.3 cm³/mol. The number of epoxide rings is 1. The van der Waals surface area contributed by atoms with Crippen molar-refractivity contribution in [1.82, 2.24) is 0 Å². The van der Waals surface area contributed by atoms with Crippen molar-refractivity contribution in [3.63, 3.8) is 0 Å². The zero-order valence-electron chi connectivity index (χ0n) is 13.9. The van der Waals surface area contributed by atoms with Gasteiger partial charge in [-0.1, -0.05) is 26.2 Å². The van der Waals surface area contributed by atoms with Crippen molar-refractivity contribution in [2.24, 2.45) is 0 Å². The van der Waals surface area contributed by atoms with Gasteiger partial charge >= 0.3 is 5.63 Å². The minimum absolute atomic E-state index is 0.213. The highest BCUT2D eigenvalue weighted by Crippen LogP contribution is 2.25. The van der Waals surface area contributed by atoms with Crippen LogP contribution in [0.25, 0.3) is 11.0 Å². The zero-order valence-corrected chi connectivity index (χ0v) is 13.9. The van der Waals surface area contributed by atoms with E-state index in [9.17, 15) is 4.79 Å². The number of fused-ring (bicyclic) bond motifs is 1. The third-order valence-corrected chi connectivity index (χ3v) is 4.38. The number of unbranched alkanes of at least 4 members (excludes halogenated alkanes) is 3. The lowest BCUT2D eigenvalue weighted by atomic mass is 10.0. The molecule has 2 aromatic rings. The van der Waals surface area contributed by atoms with Gasteiger partial charge in [0.2, 0.25) is 0 Å². The maximum atomic E-state index is 12.3. The molecule has 0 radical (unpaired) electrons. The first kappa shape index (κ1) is 16.1. The smallest absolute Gasteiger partial charge is 0.339 e. The Labute approximate surface area is 136 Å². The first-order valence-corrected chi connectivity index (χ1v) is 8.49. The van der Waals surface area contributed by atoms with Gasteiger partial charge in [-0.2, -0.15) is 0 Å². The molecule has 1 aromatic carbocycles. The molecule has 0 amide bonds. The Kier molecular flexibility index (Phi) is 5.01.